The van der Waals surface area contributed by atoms with Gasteiger partial charge in [-0.1, -0.05) is 36.6 Å². The third kappa shape index (κ3) is 3.83. The molecule has 1 amide bonds. The minimum absolute atomic E-state index is 0.269. The van der Waals surface area contributed by atoms with Crippen molar-refractivity contribution in [2.75, 3.05) is 26.2 Å². The van der Waals surface area contributed by atoms with Crippen molar-refractivity contribution in [2.45, 2.75) is 58.9 Å². The van der Waals surface area contributed by atoms with Crippen LogP contribution in [0.25, 0.3) is 0 Å². The first-order valence-electron chi connectivity index (χ1n) is 10.7. The van der Waals surface area contributed by atoms with Crippen LogP contribution >= 0.6 is 0 Å². The first-order valence-corrected chi connectivity index (χ1v) is 10.7. The van der Waals surface area contributed by atoms with Crippen molar-refractivity contribution in [3.63, 3.8) is 0 Å². The maximum Gasteiger partial charge on any atom is 0.225 e. The second kappa shape index (κ2) is 7.72. The summed E-state index contributed by atoms with van der Waals surface area (Å²) < 4.78 is 0. The van der Waals surface area contributed by atoms with E-state index in [1.807, 2.05) is 0 Å². The van der Waals surface area contributed by atoms with Gasteiger partial charge in [-0.05, 0) is 75.6 Å². The lowest BCUT2D eigenvalue weighted by Gasteiger charge is -2.33. The number of piperidine rings is 1. The van der Waals surface area contributed by atoms with E-state index in [9.17, 15) is 4.79 Å². The van der Waals surface area contributed by atoms with Crippen LogP contribution in [0, 0.1) is 31.6 Å². The Kier molecular flexibility index (Phi) is 5.35. The van der Waals surface area contributed by atoms with Gasteiger partial charge in [0.2, 0.25) is 5.91 Å². The molecule has 0 N–H and O–H groups in total. The summed E-state index contributed by atoms with van der Waals surface area (Å²) in [7, 11) is 0. The summed E-state index contributed by atoms with van der Waals surface area (Å²) in [5.41, 5.74) is 4.16. The Balaban J connectivity index is 1.29. The highest BCUT2D eigenvalue weighted by Gasteiger charge is 2.38. The van der Waals surface area contributed by atoms with Crippen molar-refractivity contribution in [2.24, 2.45) is 17.8 Å². The quantitative estimate of drug-likeness (QED) is 0.813. The summed E-state index contributed by atoms with van der Waals surface area (Å²) in [6.45, 7) is 9.62. The van der Waals surface area contributed by atoms with E-state index in [0.29, 0.717) is 5.91 Å². The highest BCUT2D eigenvalue weighted by molar-refractivity contribution is 5.79. The van der Waals surface area contributed by atoms with E-state index in [1.165, 1.54) is 42.4 Å². The van der Waals surface area contributed by atoms with Crippen LogP contribution in [-0.2, 0) is 11.3 Å². The molecule has 0 bridgehead atoms. The van der Waals surface area contributed by atoms with Crippen LogP contribution in [0.2, 0.25) is 0 Å². The predicted octanol–water partition coefficient (Wildman–Crippen LogP) is 4.16. The lowest BCUT2D eigenvalue weighted by atomic mass is 9.82. The fourth-order valence-electron chi connectivity index (χ4n) is 5.39. The van der Waals surface area contributed by atoms with E-state index in [-0.39, 0.29) is 5.92 Å². The molecule has 2 unspecified atom stereocenters. The molecular formula is C23H34N2O. The minimum Gasteiger partial charge on any atom is -0.342 e. The van der Waals surface area contributed by atoms with E-state index in [1.54, 1.807) is 0 Å². The van der Waals surface area contributed by atoms with E-state index in [2.05, 4.69) is 41.8 Å². The van der Waals surface area contributed by atoms with Crippen LogP contribution in [0.3, 0.4) is 0 Å². The number of hydrogen-bond donors (Lipinski definition) is 0. The van der Waals surface area contributed by atoms with Crippen LogP contribution in [0.15, 0.2) is 18.2 Å². The number of rotatable bonds is 3. The van der Waals surface area contributed by atoms with Gasteiger partial charge in [-0.25, -0.2) is 0 Å². The molecule has 1 saturated carbocycles. The minimum atomic E-state index is 0.269. The van der Waals surface area contributed by atoms with Crippen LogP contribution in [0.1, 0.15) is 55.2 Å². The van der Waals surface area contributed by atoms with Crippen LogP contribution < -0.4 is 0 Å². The zero-order valence-corrected chi connectivity index (χ0v) is 16.5. The van der Waals surface area contributed by atoms with Crippen molar-refractivity contribution < 1.29 is 4.79 Å². The second-order valence-electron chi connectivity index (χ2n) is 9.03. The van der Waals surface area contributed by atoms with Gasteiger partial charge >= 0.3 is 0 Å². The monoisotopic (exact) mass is 354 g/mol. The molecule has 2 atom stereocenters. The fourth-order valence-corrected chi connectivity index (χ4v) is 5.39. The summed E-state index contributed by atoms with van der Waals surface area (Å²) in [6, 6.07) is 6.74. The molecule has 1 aromatic rings. The SMILES string of the molecule is Cc1ccc(C)c(CN2CCC(C(=O)N3CC4CCCCC4C3)CC2)c1. The maximum atomic E-state index is 13.0. The average molecular weight is 355 g/mol. The van der Waals surface area contributed by atoms with Crippen molar-refractivity contribution in [1.29, 1.82) is 0 Å². The van der Waals surface area contributed by atoms with Gasteiger partial charge in [-0.3, -0.25) is 9.69 Å². The van der Waals surface area contributed by atoms with Gasteiger partial charge in [0.1, 0.15) is 0 Å². The van der Waals surface area contributed by atoms with Gasteiger partial charge in [-0.15, -0.1) is 0 Å². The Morgan fingerprint density at radius 3 is 2.31 bits per heavy atom. The Morgan fingerprint density at radius 1 is 1.00 bits per heavy atom. The molecule has 3 nitrogen and oxygen atoms in total. The third-order valence-electron chi connectivity index (χ3n) is 7.12. The van der Waals surface area contributed by atoms with E-state index < -0.39 is 0 Å². The Morgan fingerprint density at radius 2 is 1.65 bits per heavy atom. The lowest BCUT2D eigenvalue weighted by molar-refractivity contribution is -0.136. The number of carbonyl (C=O) groups is 1. The van der Waals surface area contributed by atoms with Gasteiger partial charge in [0, 0.05) is 25.6 Å². The topological polar surface area (TPSA) is 23.6 Å². The molecule has 4 rings (SSSR count). The normalized spacial score (nSPS) is 27.5. The van der Waals surface area contributed by atoms with Gasteiger partial charge in [-0.2, -0.15) is 0 Å². The molecule has 3 heteroatoms. The van der Waals surface area contributed by atoms with E-state index in [0.717, 1.165) is 57.4 Å². The lowest BCUT2D eigenvalue weighted by Crippen LogP contribution is -2.41. The molecule has 3 aliphatic rings. The molecular weight excluding hydrogens is 320 g/mol. The summed E-state index contributed by atoms with van der Waals surface area (Å²) in [5.74, 6) is 2.34. The number of nitrogens with zero attached hydrogens (tertiary/aromatic N) is 2. The zero-order chi connectivity index (χ0) is 18.1. The second-order valence-corrected chi connectivity index (χ2v) is 9.03. The number of hydrogen-bond acceptors (Lipinski definition) is 2. The molecule has 2 saturated heterocycles. The molecule has 26 heavy (non-hydrogen) atoms. The predicted molar refractivity (Wildman–Crippen MR) is 106 cm³/mol. The first kappa shape index (κ1) is 18.0. The summed E-state index contributed by atoms with van der Waals surface area (Å²) in [5, 5.41) is 0. The van der Waals surface area contributed by atoms with Gasteiger partial charge in [0.25, 0.3) is 0 Å². The molecule has 2 aliphatic heterocycles. The van der Waals surface area contributed by atoms with Crippen molar-refractivity contribution in [3.8, 4) is 0 Å². The van der Waals surface area contributed by atoms with Crippen LogP contribution in [0.5, 0.6) is 0 Å². The Hall–Kier alpha value is -1.35. The number of amides is 1. The molecule has 0 aromatic heterocycles. The fraction of sp³-hybridized carbons (Fsp3) is 0.696. The zero-order valence-electron chi connectivity index (χ0n) is 16.5. The molecule has 0 radical (unpaired) electrons. The summed E-state index contributed by atoms with van der Waals surface area (Å²) >= 11 is 0. The average Bonchev–Trinajstić information content (AvgIpc) is 3.09. The van der Waals surface area contributed by atoms with Gasteiger partial charge in [0.15, 0.2) is 0 Å². The van der Waals surface area contributed by atoms with Gasteiger partial charge < -0.3 is 4.90 Å². The number of benzene rings is 1. The number of carbonyl (C=O) groups excluding carboxylic acids is 1. The van der Waals surface area contributed by atoms with Crippen molar-refractivity contribution in [3.05, 3.63) is 34.9 Å². The summed E-state index contributed by atoms with van der Waals surface area (Å²) in [4.78, 5) is 17.8. The van der Waals surface area contributed by atoms with Gasteiger partial charge in [0.05, 0.1) is 0 Å². The molecule has 3 fully saturated rings. The molecule has 0 spiro atoms. The number of fused-ring (bicyclic) bond motifs is 1. The Labute approximate surface area is 158 Å². The number of aryl methyl sites for hydroxylation is 2. The largest absolute Gasteiger partial charge is 0.342 e. The van der Waals surface area contributed by atoms with Crippen molar-refractivity contribution in [1.82, 2.24) is 9.80 Å². The highest BCUT2D eigenvalue weighted by Crippen LogP contribution is 2.37. The van der Waals surface area contributed by atoms with Crippen LogP contribution in [-0.4, -0.2) is 41.9 Å². The van der Waals surface area contributed by atoms with Crippen molar-refractivity contribution >= 4 is 5.91 Å². The van der Waals surface area contributed by atoms with E-state index >= 15 is 0 Å². The molecule has 1 aliphatic carbocycles. The Bertz CT molecular complexity index is 634. The molecule has 2 heterocycles. The summed E-state index contributed by atoms with van der Waals surface area (Å²) in [6.07, 6.45) is 7.52. The highest BCUT2D eigenvalue weighted by atomic mass is 16.2. The molecule has 142 valence electrons. The first-order chi connectivity index (χ1) is 12.6. The van der Waals surface area contributed by atoms with E-state index in [4.69, 9.17) is 0 Å². The van der Waals surface area contributed by atoms with Crippen LogP contribution in [0.4, 0.5) is 0 Å². The smallest absolute Gasteiger partial charge is 0.225 e. The standard InChI is InChI=1S/C23H34N2O/c1-17-7-8-18(2)22(13-17)14-24-11-9-19(10-12-24)23(26)25-15-20-5-3-4-6-21(20)16-25/h7-8,13,19-21H,3-6,9-12,14-16H2,1-2H3. The maximum absolute atomic E-state index is 13.0. The molecule has 1 aromatic carbocycles. The number of likely N-dealkylation sites (tertiary alicyclic amines) is 2. The third-order valence-corrected chi connectivity index (χ3v) is 7.12.